The SMILES string of the molecule is Cc1csc(C2CCNCC2c2cccc(Br)c2)n1. The molecule has 0 saturated carbocycles. The van der Waals surface area contributed by atoms with Crippen LogP contribution in [0.3, 0.4) is 0 Å². The highest BCUT2D eigenvalue weighted by Gasteiger charge is 2.29. The van der Waals surface area contributed by atoms with Gasteiger partial charge in [-0.3, -0.25) is 0 Å². The summed E-state index contributed by atoms with van der Waals surface area (Å²) in [6.07, 6.45) is 1.17. The third-order valence-corrected chi connectivity index (χ3v) is 5.30. The van der Waals surface area contributed by atoms with Crippen LogP contribution in [-0.4, -0.2) is 18.1 Å². The Morgan fingerprint density at radius 1 is 1.37 bits per heavy atom. The number of aromatic nitrogens is 1. The Balaban J connectivity index is 1.93. The molecule has 0 aliphatic carbocycles. The van der Waals surface area contributed by atoms with Gasteiger partial charge in [0.25, 0.3) is 0 Å². The molecule has 0 spiro atoms. The highest BCUT2D eigenvalue weighted by atomic mass is 79.9. The third kappa shape index (κ3) is 2.91. The molecule has 1 aromatic carbocycles. The number of thiazole rings is 1. The summed E-state index contributed by atoms with van der Waals surface area (Å²) >= 11 is 5.38. The molecule has 1 saturated heterocycles. The van der Waals surface area contributed by atoms with Crippen molar-refractivity contribution in [3.05, 3.63) is 50.4 Å². The molecule has 1 fully saturated rings. The summed E-state index contributed by atoms with van der Waals surface area (Å²) in [6.45, 7) is 4.21. The van der Waals surface area contributed by atoms with Gasteiger partial charge in [-0.15, -0.1) is 11.3 Å². The standard InChI is InChI=1S/C15H17BrN2S/c1-10-9-19-15(18-10)13-5-6-17-8-14(13)11-3-2-4-12(16)7-11/h2-4,7,9,13-14,17H,5-6,8H2,1H3. The first-order valence-corrected chi connectivity index (χ1v) is 8.29. The fourth-order valence-electron chi connectivity index (χ4n) is 2.78. The summed E-state index contributed by atoms with van der Waals surface area (Å²) < 4.78 is 1.16. The van der Waals surface area contributed by atoms with Crippen LogP contribution >= 0.6 is 27.3 Å². The molecular weight excluding hydrogens is 320 g/mol. The molecule has 0 radical (unpaired) electrons. The zero-order chi connectivity index (χ0) is 13.2. The molecule has 2 aromatic rings. The van der Waals surface area contributed by atoms with Crippen LogP contribution in [0, 0.1) is 6.92 Å². The second-order valence-electron chi connectivity index (χ2n) is 5.09. The van der Waals surface area contributed by atoms with Crippen LogP contribution in [0.15, 0.2) is 34.1 Å². The van der Waals surface area contributed by atoms with Crippen LogP contribution in [0.1, 0.15) is 34.5 Å². The molecule has 3 rings (SSSR count). The minimum atomic E-state index is 0.525. The quantitative estimate of drug-likeness (QED) is 0.893. The number of aryl methyl sites for hydroxylation is 1. The van der Waals surface area contributed by atoms with E-state index < -0.39 is 0 Å². The number of hydrogen-bond acceptors (Lipinski definition) is 3. The lowest BCUT2D eigenvalue weighted by Gasteiger charge is -2.31. The van der Waals surface area contributed by atoms with Gasteiger partial charge < -0.3 is 5.32 Å². The van der Waals surface area contributed by atoms with Crippen LogP contribution in [0.2, 0.25) is 0 Å². The van der Waals surface area contributed by atoms with Gasteiger partial charge in [0, 0.05) is 33.9 Å². The largest absolute Gasteiger partial charge is 0.316 e. The summed E-state index contributed by atoms with van der Waals surface area (Å²) in [7, 11) is 0. The molecule has 2 heterocycles. The van der Waals surface area contributed by atoms with E-state index in [4.69, 9.17) is 4.98 Å². The van der Waals surface area contributed by atoms with E-state index in [1.54, 1.807) is 0 Å². The van der Waals surface area contributed by atoms with Crippen LogP contribution in [-0.2, 0) is 0 Å². The Morgan fingerprint density at radius 3 is 3.00 bits per heavy atom. The molecule has 2 unspecified atom stereocenters. The minimum Gasteiger partial charge on any atom is -0.316 e. The fraction of sp³-hybridized carbons (Fsp3) is 0.400. The average Bonchev–Trinajstić information content (AvgIpc) is 2.85. The first-order valence-electron chi connectivity index (χ1n) is 6.62. The molecule has 1 aromatic heterocycles. The van der Waals surface area contributed by atoms with E-state index in [1.165, 1.54) is 17.0 Å². The maximum absolute atomic E-state index is 4.71. The van der Waals surface area contributed by atoms with Crippen LogP contribution < -0.4 is 5.32 Å². The van der Waals surface area contributed by atoms with Crippen molar-refractivity contribution in [3.8, 4) is 0 Å². The third-order valence-electron chi connectivity index (χ3n) is 3.71. The number of halogens is 1. The Bertz CT molecular complexity index is 567. The van der Waals surface area contributed by atoms with Crippen LogP contribution in [0.5, 0.6) is 0 Å². The fourth-order valence-corrected chi connectivity index (χ4v) is 4.20. The Morgan fingerprint density at radius 2 is 2.26 bits per heavy atom. The topological polar surface area (TPSA) is 24.9 Å². The van der Waals surface area contributed by atoms with Crippen molar-refractivity contribution in [2.45, 2.75) is 25.2 Å². The van der Waals surface area contributed by atoms with Gasteiger partial charge >= 0.3 is 0 Å². The molecule has 19 heavy (non-hydrogen) atoms. The van der Waals surface area contributed by atoms with Crippen LogP contribution in [0.25, 0.3) is 0 Å². The average molecular weight is 337 g/mol. The number of hydrogen-bond donors (Lipinski definition) is 1. The second-order valence-corrected chi connectivity index (χ2v) is 6.89. The lowest BCUT2D eigenvalue weighted by Crippen LogP contribution is -2.34. The smallest absolute Gasteiger partial charge is 0.0966 e. The summed E-state index contributed by atoms with van der Waals surface area (Å²) in [5, 5.41) is 6.98. The summed E-state index contributed by atoms with van der Waals surface area (Å²) in [5.74, 6) is 1.08. The van der Waals surface area contributed by atoms with E-state index in [0.29, 0.717) is 11.8 Å². The number of piperidine rings is 1. The van der Waals surface area contributed by atoms with Crippen molar-refractivity contribution >= 4 is 27.3 Å². The monoisotopic (exact) mass is 336 g/mol. The lowest BCUT2D eigenvalue weighted by molar-refractivity contribution is 0.403. The van der Waals surface area contributed by atoms with Gasteiger partial charge in [-0.1, -0.05) is 28.1 Å². The van der Waals surface area contributed by atoms with Gasteiger partial charge in [-0.05, 0) is 37.6 Å². The van der Waals surface area contributed by atoms with Gasteiger partial charge in [0.2, 0.25) is 0 Å². The maximum atomic E-state index is 4.71. The number of nitrogens with one attached hydrogen (secondary N) is 1. The predicted octanol–water partition coefficient (Wildman–Crippen LogP) is 4.07. The van der Waals surface area contributed by atoms with Gasteiger partial charge in [-0.25, -0.2) is 4.98 Å². The van der Waals surface area contributed by atoms with Gasteiger partial charge in [0.1, 0.15) is 0 Å². The highest BCUT2D eigenvalue weighted by Crippen LogP contribution is 2.39. The van der Waals surface area contributed by atoms with Crippen molar-refractivity contribution in [1.29, 1.82) is 0 Å². The van der Waals surface area contributed by atoms with E-state index in [2.05, 4.69) is 57.8 Å². The van der Waals surface area contributed by atoms with Gasteiger partial charge in [0.15, 0.2) is 0 Å². The minimum absolute atomic E-state index is 0.525. The Hall–Kier alpha value is -0.710. The highest BCUT2D eigenvalue weighted by molar-refractivity contribution is 9.10. The lowest BCUT2D eigenvalue weighted by atomic mass is 9.82. The molecule has 1 aliphatic rings. The van der Waals surface area contributed by atoms with Crippen molar-refractivity contribution in [3.63, 3.8) is 0 Å². The zero-order valence-corrected chi connectivity index (χ0v) is 13.3. The summed E-state index contributed by atoms with van der Waals surface area (Å²) in [4.78, 5) is 4.71. The van der Waals surface area contributed by atoms with Crippen molar-refractivity contribution < 1.29 is 0 Å². The Kier molecular flexibility index (Phi) is 4.01. The van der Waals surface area contributed by atoms with Gasteiger partial charge in [-0.2, -0.15) is 0 Å². The first-order chi connectivity index (χ1) is 9.24. The van der Waals surface area contributed by atoms with Crippen molar-refractivity contribution in [2.75, 3.05) is 13.1 Å². The Labute approximate surface area is 126 Å². The molecule has 100 valence electrons. The number of benzene rings is 1. The molecular formula is C15H17BrN2S. The number of rotatable bonds is 2. The van der Waals surface area contributed by atoms with Gasteiger partial charge in [0.05, 0.1) is 5.01 Å². The zero-order valence-electron chi connectivity index (χ0n) is 10.9. The molecule has 1 aliphatic heterocycles. The molecule has 2 nitrogen and oxygen atoms in total. The van der Waals surface area contributed by atoms with Crippen molar-refractivity contribution in [2.24, 2.45) is 0 Å². The predicted molar refractivity (Wildman–Crippen MR) is 84.0 cm³/mol. The van der Waals surface area contributed by atoms with E-state index in [-0.39, 0.29) is 0 Å². The second kappa shape index (κ2) is 5.73. The molecule has 0 bridgehead atoms. The van der Waals surface area contributed by atoms with E-state index in [0.717, 1.165) is 23.3 Å². The summed E-state index contributed by atoms with van der Waals surface area (Å²) in [5.41, 5.74) is 2.55. The summed E-state index contributed by atoms with van der Waals surface area (Å²) in [6, 6.07) is 8.68. The van der Waals surface area contributed by atoms with Crippen molar-refractivity contribution in [1.82, 2.24) is 10.3 Å². The number of nitrogens with zero attached hydrogens (tertiary/aromatic N) is 1. The van der Waals surface area contributed by atoms with E-state index in [9.17, 15) is 0 Å². The van der Waals surface area contributed by atoms with E-state index in [1.807, 2.05) is 11.3 Å². The molecule has 0 amide bonds. The molecule has 1 N–H and O–H groups in total. The van der Waals surface area contributed by atoms with Crippen LogP contribution in [0.4, 0.5) is 0 Å². The maximum Gasteiger partial charge on any atom is 0.0966 e. The first kappa shape index (κ1) is 13.3. The normalized spacial score (nSPS) is 23.5. The molecule has 4 heteroatoms. The molecule has 2 atom stereocenters. The van der Waals surface area contributed by atoms with E-state index >= 15 is 0 Å².